The second-order valence-corrected chi connectivity index (χ2v) is 8.09. The molecule has 0 aromatic carbocycles. The Bertz CT molecular complexity index is 407. The van der Waals surface area contributed by atoms with Crippen molar-refractivity contribution in [3.63, 3.8) is 0 Å². The minimum Gasteiger partial charge on any atom is -0.481 e. The Morgan fingerprint density at radius 2 is 1.54 bits per heavy atom. The van der Waals surface area contributed by atoms with E-state index in [2.05, 4.69) is 6.92 Å². The normalized spacial score (nSPS) is 32.2. The van der Waals surface area contributed by atoms with Gasteiger partial charge in [0.2, 0.25) is 0 Å². The Kier molecular flexibility index (Phi) is 7.73. The van der Waals surface area contributed by atoms with Crippen molar-refractivity contribution in [2.24, 2.45) is 29.4 Å². The molecule has 3 N–H and O–H groups in total. The van der Waals surface area contributed by atoms with E-state index in [1.165, 1.54) is 38.5 Å². The fourth-order valence-electron chi connectivity index (χ4n) is 4.65. The Labute approximate surface area is 146 Å². The molecular weight excluding hydrogens is 302 g/mol. The van der Waals surface area contributed by atoms with Crippen molar-refractivity contribution in [1.82, 2.24) is 0 Å². The van der Waals surface area contributed by atoms with Gasteiger partial charge in [-0.3, -0.25) is 9.59 Å². The highest BCUT2D eigenvalue weighted by Gasteiger charge is 2.35. The van der Waals surface area contributed by atoms with Crippen LogP contribution in [0.5, 0.6) is 0 Å². The van der Waals surface area contributed by atoms with Crippen molar-refractivity contribution in [2.75, 3.05) is 0 Å². The summed E-state index contributed by atoms with van der Waals surface area (Å²) in [6.45, 7) is 2.24. The molecule has 2 saturated carbocycles. The van der Waals surface area contributed by atoms with E-state index >= 15 is 0 Å². The molecule has 4 nitrogen and oxygen atoms in total. The van der Waals surface area contributed by atoms with Gasteiger partial charge < -0.3 is 10.8 Å². The molecular formula is C20H35NO3. The summed E-state index contributed by atoms with van der Waals surface area (Å²) in [5.41, 5.74) is 6.28. The SMILES string of the molecule is CCCCCC1CCC(C(=O)C(N)C2CCC(C(=O)O)CC2)CC1. The largest absolute Gasteiger partial charge is 0.481 e. The molecule has 1 unspecified atom stereocenters. The molecule has 0 saturated heterocycles. The zero-order valence-corrected chi connectivity index (χ0v) is 15.2. The Hall–Kier alpha value is -0.900. The first-order chi connectivity index (χ1) is 11.5. The summed E-state index contributed by atoms with van der Waals surface area (Å²) in [6.07, 6.45) is 12.5. The summed E-state index contributed by atoms with van der Waals surface area (Å²) in [5.74, 6) is 0.468. The van der Waals surface area contributed by atoms with Crippen molar-refractivity contribution in [3.05, 3.63) is 0 Å². The van der Waals surface area contributed by atoms with E-state index in [-0.39, 0.29) is 29.6 Å². The van der Waals surface area contributed by atoms with Gasteiger partial charge in [-0.25, -0.2) is 0 Å². The molecule has 0 aromatic rings. The number of unbranched alkanes of at least 4 members (excludes halogenated alkanes) is 2. The number of nitrogens with two attached hydrogens (primary N) is 1. The maximum absolute atomic E-state index is 12.7. The second kappa shape index (κ2) is 9.55. The van der Waals surface area contributed by atoms with Gasteiger partial charge in [0.15, 0.2) is 5.78 Å². The molecule has 24 heavy (non-hydrogen) atoms. The number of aliphatic carboxylic acids is 1. The molecule has 4 heteroatoms. The van der Waals surface area contributed by atoms with E-state index in [0.717, 1.165) is 31.6 Å². The molecule has 2 fully saturated rings. The number of carbonyl (C=O) groups is 2. The van der Waals surface area contributed by atoms with Crippen LogP contribution in [0, 0.1) is 23.7 Å². The molecule has 0 bridgehead atoms. The molecule has 0 aromatic heterocycles. The molecule has 0 heterocycles. The first-order valence-electron chi connectivity index (χ1n) is 10.0. The van der Waals surface area contributed by atoms with Gasteiger partial charge in [0.1, 0.15) is 0 Å². The summed E-state index contributed by atoms with van der Waals surface area (Å²) in [4.78, 5) is 23.8. The zero-order chi connectivity index (χ0) is 17.5. The predicted octanol–water partition coefficient (Wildman–Crippen LogP) is 4.16. The van der Waals surface area contributed by atoms with E-state index in [4.69, 9.17) is 10.8 Å². The van der Waals surface area contributed by atoms with Gasteiger partial charge in [-0.2, -0.15) is 0 Å². The minimum absolute atomic E-state index is 0.152. The number of carboxylic acids is 1. The summed E-state index contributed by atoms with van der Waals surface area (Å²) in [5, 5.41) is 9.08. The summed E-state index contributed by atoms with van der Waals surface area (Å²) in [7, 11) is 0. The molecule has 0 amide bonds. The average molecular weight is 338 g/mol. The lowest BCUT2D eigenvalue weighted by atomic mass is 9.72. The van der Waals surface area contributed by atoms with Crippen LogP contribution in [0.3, 0.4) is 0 Å². The molecule has 0 spiro atoms. The van der Waals surface area contributed by atoms with Gasteiger partial charge in [-0.15, -0.1) is 0 Å². The van der Waals surface area contributed by atoms with Crippen molar-refractivity contribution >= 4 is 11.8 Å². The van der Waals surface area contributed by atoms with E-state index < -0.39 is 5.97 Å². The third-order valence-corrected chi connectivity index (χ3v) is 6.42. The van der Waals surface area contributed by atoms with Crippen molar-refractivity contribution in [1.29, 1.82) is 0 Å². The van der Waals surface area contributed by atoms with Crippen molar-refractivity contribution in [3.8, 4) is 0 Å². The van der Waals surface area contributed by atoms with Crippen LogP contribution in [-0.4, -0.2) is 22.9 Å². The van der Waals surface area contributed by atoms with Crippen LogP contribution < -0.4 is 5.73 Å². The van der Waals surface area contributed by atoms with Gasteiger partial charge in [0.05, 0.1) is 12.0 Å². The smallest absolute Gasteiger partial charge is 0.306 e. The monoisotopic (exact) mass is 337 g/mol. The number of Topliss-reactive ketones (excluding diaryl/α,β-unsaturated/α-hetero) is 1. The molecule has 138 valence electrons. The topological polar surface area (TPSA) is 80.4 Å². The summed E-state index contributed by atoms with van der Waals surface area (Å²) >= 11 is 0. The first-order valence-corrected chi connectivity index (χ1v) is 10.0. The summed E-state index contributed by atoms with van der Waals surface area (Å²) in [6, 6.07) is -0.374. The molecule has 0 radical (unpaired) electrons. The van der Waals surface area contributed by atoms with Gasteiger partial charge in [0.25, 0.3) is 0 Å². The molecule has 0 aliphatic heterocycles. The van der Waals surface area contributed by atoms with Crippen LogP contribution in [0.4, 0.5) is 0 Å². The number of carbonyl (C=O) groups excluding carboxylic acids is 1. The lowest BCUT2D eigenvalue weighted by molar-refractivity contribution is -0.143. The third kappa shape index (κ3) is 5.30. The number of ketones is 1. The van der Waals surface area contributed by atoms with E-state index in [0.29, 0.717) is 12.8 Å². The van der Waals surface area contributed by atoms with Crippen LogP contribution in [0.1, 0.15) is 84.0 Å². The van der Waals surface area contributed by atoms with Gasteiger partial charge >= 0.3 is 5.97 Å². The maximum atomic E-state index is 12.7. The molecule has 1 atom stereocenters. The number of rotatable bonds is 8. The fourth-order valence-corrected chi connectivity index (χ4v) is 4.65. The third-order valence-electron chi connectivity index (χ3n) is 6.42. The highest BCUT2D eigenvalue weighted by atomic mass is 16.4. The van der Waals surface area contributed by atoms with Crippen LogP contribution in [0.2, 0.25) is 0 Å². The van der Waals surface area contributed by atoms with Crippen molar-refractivity contribution in [2.45, 2.75) is 90.0 Å². The standard InChI is InChI=1S/C20H35NO3/c1-2-3-4-5-14-6-8-16(9-7-14)19(22)18(21)15-10-12-17(13-11-15)20(23)24/h14-18H,2-13,21H2,1H3,(H,23,24). The van der Waals surface area contributed by atoms with Crippen LogP contribution in [0.25, 0.3) is 0 Å². The Morgan fingerprint density at radius 3 is 2.08 bits per heavy atom. The first kappa shape index (κ1) is 19.4. The minimum atomic E-state index is -0.699. The van der Waals surface area contributed by atoms with E-state index in [9.17, 15) is 9.59 Å². The molecule has 2 aliphatic rings. The predicted molar refractivity (Wildman–Crippen MR) is 95.7 cm³/mol. The molecule has 2 aliphatic carbocycles. The highest BCUT2D eigenvalue weighted by molar-refractivity contribution is 5.86. The van der Waals surface area contributed by atoms with Gasteiger partial charge in [0, 0.05) is 5.92 Å². The van der Waals surface area contributed by atoms with E-state index in [1.54, 1.807) is 0 Å². The van der Waals surface area contributed by atoms with Crippen molar-refractivity contribution < 1.29 is 14.7 Å². The van der Waals surface area contributed by atoms with Crippen LogP contribution >= 0.6 is 0 Å². The highest BCUT2D eigenvalue weighted by Crippen LogP contribution is 2.36. The lowest BCUT2D eigenvalue weighted by Gasteiger charge is -2.34. The fraction of sp³-hybridized carbons (Fsp3) is 0.900. The average Bonchev–Trinajstić information content (AvgIpc) is 2.61. The lowest BCUT2D eigenvalue weighted by Crippen LogP contribution is -2.44. The van der Waals surface area contributed by atoms with Crippen LogP contribution in [-0.2, 0) is 9.59 Å². The summed E-state index contributed by atoms with van der Waals surface area (Å²) < 4.78 is 0. The van der Waals surface area contributed by atoms with E-state index in [1.807, 2.05) is 0 Å². The maximum Gasteiger partial charge on any atom is 0.306 e. The van der Waals surface area contributed by atoms with Gasteiger partial charge in [-0.1, -0.05) is 32.6 Å². The Balaban J connectivity index is 1.73. The van der Waals surface area contributed by atoms with Crippen LogP contribution in [0.15, 0.2) is 0 Å². The zero-order valence-electron chi connectivity index (χ0n) is 15.2. The molecule has 2 rings (SSSR count). The second-order valence-electron chi connectivity index (χ2n) is 8.09. The van der Waals surface area contributed by atoms with Gasteiger partial charge in [-0.05, 0) is 63.2 Å². The number of hydrogen-bond donors (Lipinski definition) is 2. The number of hydrogen-bond acceptors (Lipinski definition) is 3. The quantitative estimate of drug-likeness (QED) is 0.652. The number of carboxylic acid groups (broad SMARTS) is 1. The Morgan fingerprint density at radius 1 is 0.958 bits per heavy atom.